The quantitative estimate of drug-likeness (QED) is 0.595. The van der Waals surface area contributed by atoms with Crippen LogP contribution in [-0.2, 0) is 4.74 Å². The van der Waals surface area contributed by atoms with Gasteiger partial charge in [0, 0.05) is 11.5 Å². The van der Waals surface area contributed by atoms with E-state index < -0.39 is 8.07 Å². The van der Waals surface area contributed by atoms with Crippen molar-refractivity contribution in [2.24, 2.45) is 0 Å². The Bertz CT molecular complexity index is 658. The van der Waals surface area contributed by atoms with Crippen molar-refractivity contribution in [2.75, 3.05) is 6.61 Å². The van der Waals surface area contributed by atoms with E-state index in [0.717, 1.165) is 0 Å². The van der Waals surface area contributed by atoms with E-state index in [-0.39, 0.29) is 5.97 Å². The van der Waals surface area contributed by atoms with Gasteiger partial charge in [0.05, 0.1) is 12.2 Å². The van der Waals surface area contributed by atoms with Crippen molar-refractivity contribution in [1.29, 1.82) is 0 Å². The molecule has 0 atom stereocenters. The van der Waals surface area contributed by atoms with Crippen molar-refractivity contribution in [3.63, 3.8) is 0 Å². The Labute approximate surface area is 146 Å². The smallest absolute Gasteiger partial charge is 0.338 e. The first-order valence-corrected chi connectivity index (χ1v) is 10.8. The largest absolute Gasteiger partial charge is 0.462 e. The van der Waals surface area contributed by atoms with Gasteiger partial charge < -0.3 is 4.74 Å². The van der Waals surface area contributed by atoms with Crippen LogP contribution in [0.2, 0.25) is 11.1 Å². The fraction of sp³-hybridized carbons (Fsp3) is 0.400. The van der Waals surface area contributed by atoms with Gasteiger partial charge in [-0.25, -0.2) is 4.79 Å². The maximum atomic E-state index is 11.9. The zero-order chi connectivity index (χ0) is 17.7. The number of rotatable bonds is 6. The number of pyridine rings is 1. The predicted octanol–water partition coefficient (Wildman–Crippen LogP) is 3.64. The van der Waals surface area contributed by atoms with Gasteiger partial charge in [0.2, 0.25) is 0 Å². The second kappa shape index (κ2) is 7.75. The van der Waals surface area contributed by atoms with Crippen LogP contribution in [0.5, 0.6) is 0 Å². The Morgan fingerprint density at radius 3 is 2.12 bits per heavy atom. The molecule has 0 radical (unpaired) electrons. The third-order valence-electron chi connectivity index (χ3n) is 4.78. The summed E-state index contributed by atoms with van der Waals surface area (Å²) in [5.74, 6) is -0.261. The van der Waals surface area contributed by atoms with E-state index in [4.69, 9.17) is 9.72 Å². The predicted molar refractivity (Wildman–Crippen MR) is 102 cm³/mol. The number of hydrogen-bond acceptors (Lipinski definition) is 3. The van der Waals surface area contributed by atoms with E-state index in [9.17, 15) is 4.79 Å². The Morgan fingerprint density at radius 2 is 1.67 bits per heavy atom. The molecule has 0 saturated heterocycles. The Hall–Kier alpha value is -1.94. The van der Waals surface area contributed by atoms with Crippen LogP contribution >= 0.6 is 0 Å². The van der Waals surface area contributed by atoms with Gasteiger partial charge >= 0.3 is 5.97 Å². The Kier molecular flexibility index (Phi) is 5.94. The van der Waals surface area contributed by atoms with Gasteiger partial charge in [0.15, 0.2) is 0 Å². The topological polar surface area (TPSA) is 39.2 Å². The lowest BCUT2D eigenvalue weighted by atomic mass is 10.2. The summed E-state index contributed by atoms with van der Waals surface area (Å²) < 4.78 is 5.09. The molecule has 0 fully saturated rings. The summed E-state index contributed by atoms with van der Waals surface area (Å²) in [4.78, 5) is 16.6. The first kappa shape index (κ1) is 18.4. The number of hydrogen-bond donors (Lipinski definition) is 0. The third kappa shape index (κ3) is 3.29. The number of carbonyl (C=O) groups is 1. The molecule has 0 aliphatic heterocycles. The molecule has 0 saturated carbocycles. The van der Waals surface area contributed by atoms with Crippen LogP contribution in [0.25, 0.3) is 0 Å². The molecule has 2 aromatic rings. The van der Waals surface area contributed by atoms with Crippen LogP contribution < -0.4 is 10.5 Å². The van der Waals surface area contributed by atoms with Gasteiger partial charge in [-0.2, -0.15) is 0 Å². The number of aromatic nitrogens is 1. The molecule has 0 spiro atoms. The van der Waals surface area contributed by atoms with Crippen molar-refractivity contribution in [3.8, 4) is 0 Å². The van der Waals surface area contributed by atoms with Crippen LogP contribution in [0.1, 0.15) is 45.0 Å². The molecule has 0 aliphatic carbocycles. The number of ether oxygens (including phenoxy) is 1. The van der Waals surface area contributed by atoms with Gasteiger partial charge in [0.25, 0.3) is 0 Å². The molecule has 4 heteroatoms. The van der Waals surface area contributed by atoms with Crippen LogP contribution in [0.3, 0.4) is 0 Å². The van der Waals surface area contributed by atoms with Gasteiger partial charge in [-0.3, -0.25) is 4.98 Å². The fourth-order valence-corrected chi connectivity index (χ4v) is 9.30. The van der Waals surface area contributed by atoms with Gasteiger partial charge in [0.1, 0.15) is 8.07 Å². The first-order valence-electron chi connectivity index (χ1n) is 8.63. The van der Waals surface area contributed by atoms with Gasteiger partial charge in [-0.1, -0.05) is 51.1 Å². The molecule has 0 amide bonds. The molecule has 1 aromatic carbocycles. The Morgan fingerprint density at radius 1 is 1.04 bits per heavy atom. The zero-order valence-corrected chi connectivity index (χ0v) is 16.2. The average Bonchev–Trinajstić information content (AvgIpc) is 2.56. The summed E-state index contributed by atoms with van der Waals surface area (Å²) in [7, 11) is -2.04. The van der Waals surface area contributed by atoms with E-state index in [1.165, 1.54) is 10.5 Å². The molecule has 3 nitrogen and oxygen atoms in total. The fourth-order valence-electron chi connectivity index (χ4n) is 3.78. The molecular weight excluding hydrogens is 314 g/mol. The maximum Gasteiger partial charge on any atom is 0.338 e. The minimum absolute atomic E-state index is 0.261. The van der Waals surface area contributed by atoms with Crippen LogP contribution in [0.4, 0.5) is 0 Å². The van der Waals surface area contributed by atoms with Crippen molar-refractivity contribution in [2.45, 2.75) is 45.7 Å². The van der Waals surface area contributed by atoms with E-state index in [0.29, 0.717) is 23.3 Å². The molecule has 0 bridgehead atoms. The number of nitrogens with zero attached hydrogens (tertiary/aromatic N) is 1. The molecule has 1 aromatic heterocycles. The summed E-state index contributed by atoms with van der Waals surface area (Å²) >= 11 is 0. The second-order valence-electron chi connectivity index (χ2n) is 6.69. The number of esters is 1. The summed E-state index contributed by atoms with van der Waals surface area (Å²) in [6.45, 7) is 11.4. The molecule has 0 N–H and O–H groups in total. The summed E-state index contributed by atoms with van der Waals surface area (Å²) in [6.07, 6.45) is 1.88. The van der Waals surface area contributed by atoms with Crippen molar-refractivity contribution in [1.82, 2.24) is 4.98 Å². The van der Waals surface area contributed by atoms with Crippen LogP contribution in [0.15, 0.2) is 48.7 Å². The highest BCUT2D eigenvalue weighted by atomic mass is 28.3. The summed E-state index contributed by atoms with van der Waals surface area (Å²) in [5.41, 5.74) is 1.61. The normalized spacial score (nSPS) is 11.8. The minimum Gasteiger partial charge on any atom is -0.462 e. The van der Waals surface area contributed by atoms with Gasteiger partial charge in [-0.05, 0) is 42.3 Å². The van der Waals surface area contributed by atoms with Gasteiger partial charge in [-0.15, -0.1) is 0 Å². The highest BCUT2D eigenvalue weighted by Crippen LogP contribution is 2.31. The first-order chi connectivity index (χ1) is 11.4. The molecule has 24 heavy (non-hydrogen) atoms. The average molecular weight is 342 g/mol. The standard InChI is InChI=1S/C20H27NO2Si/c1-6-23-20(22)17-10-12-18(13-11-17)24(15(2)3,16(4)5)19-9-7-8-14-21-19/h7-16H,6H2,1-5H3. The minimum atomic E-state index is -2.04. The van der Waals surface area contributed by atoms with Crippen molar-refractivity contribution >= 4 is 24.5 Å². The number of carbonyl (C=O) groups excluding carboxylic acids is 1. The summed E-state index contributed by atoms with van der Waals surface area (Å²) in [6, 6.07) is 14.2. The van der Waals surface area contributed by atoms with E-state index in [2.05, 4.69) is 52.0 Å². The molecule has 2 rings (SSSR count). The second-order valence-corrected chi connectivity index (χ2v) is 11.8. The van der Waals surface area contributed by atoms with Crippen molar-refractivity contribution < 1.29 is 9.53 Å². The zero-order valence-electron chi connectivity index (χ0n) is 15.2. The summed E-state index contributed by atoms with van der Waals surface area (Å²) in [5, 5.41) is 2.53. The van der Waals surface area contributed by atoms with E-state index in [1.54, 1.807) is 0 Å². The number of benzene rings is 1. The molecule has 0 unspecified atom stereocenters. The monoisotopic (exact) mass is 341 g/mol. The lowest BCUT2D eigenvalue weighted by molar-refractivity contribution is 0.0526. The third-order valence-corrected chi connectivity index (χ3v) is 10.9. The molecule has 128 valence electrons. The SMILES string of the molecule is CCOC(=O)c1ccc([Si](c2ccccn2)(C(C)C)C(C)C)cc1. The molecule has 1 heterocycles. The molecule has 0 aliphatic rings. The molecular formula is C20H27NO2Si. The van der Waals surface area contributed by atoms with E-state index >= 15 is 0 Å². The highest BCUT2D eigenvalue weighted by Gasteiger charge is 2.44. The lowest BCUT2D eigenvalue weighted by Crippen LogP contribution is -2.63. The highest BCUT2D eigenvalue weighted by molar-refractivity contribution is 7.03. The van der Waals surface area contributed by atoms with Crippen molar-refractivity contribution in [3.05, 3.63) is 54.2 Å². The Balaban J connectivity index is 2.55. The lowest BCUT2D eigenvalue weighted by Gasteiger charge is -2.39. The van der Waals surface area contributed by atoms with Crippen LogP contribution in [-0.4, -0.2) is 25.6 Å². The van der Waals surface area contributed by atoms with E-state index in [1.807, 2.05) is 31.3 Å². The van der Waals surface area contributed by atoms with Crippen LogP contribution in [0, 0.1) is 0 Å². The maximum absolute atomic E-state index is 11.9.